The fraction of sp³-hybridized carbons (Fsp3) is 0.429. The molecular weight excluding hydrogens is 326 g/mol. The number of nitrogens with zero attached hydrogens (tertiary/aromatic N) is 1. The van der Waals surface area contributed by atoms with Crippen molar-refractivity contribution in [3.05, 3.63) is 48.2 Å². The molecule has 0 bridgehead atoms. The highest BCUT2D eigenvalue weighted by Crippen LogP contribution is 2.25. The molecule has 5 heteroatoms. The van der Waals surface area contributed by atoms with Crippen molar-refractivity contribution in [3.63, 3.8) is 0 Å². The first-order valence-electron chi connectivity index (χ1n) is 9.41. The molecule has 0 unspecified atom stereocenters. The van der Waals surface area contributed by atoms with Crippen LogP contribution in [0.3, 0.4) is 0 Å². The second-order valence-electron chi connectivity index (χ2n) is 7.03. The van der Waals surface area contributed by atoms with Crippen LogP contribution in [-0.2, 0) is 0 Å². The number of pyridine rings is 1. The number of benzene rings is 1. The zero-order valence-electron chi connectivity index (χ0n) is 15.5. The lowest BCUT2D eigenvalue weighted by Crippen LogP contribution is -2.23. The molecular formula is C21H27N3O2. The van der Waals surface area contributed by atoms with Crippen molar-refractivity contribution >= 4 is 17.4 Å². The van der Waals surface area contributed by atoms with Gasteiger partial charge in [-0.15, -0.1) is 0 Å². The van der Waals surface area contributed by atoms with Gasteiger partial charge in [0, 0.05) is 12.2 Å². The van der Waals surface area contributed by atoms with Crippen molar-refractivity contribution in [1.29, 1.82) is 0 Å². The summed E-state index contributed by atoms with van der Waals surface area (Å²) >= 11 is 0. The van der Waals surface area contributed by atoms with Crippen LogP contribution in [0.2, 0.25) is 0 Å². The first-order valence-corrected chi connectivity index (χ1v) is 9.41. The van der Waals surface area contributed by atoms with Gasteiger partial charge < -0.3 is 15.4 Å². The molecule has 26 heavy (non-hydrogen) atoms. The summed E-state index contributed by atoms with van der Waals surface area (Å²) in [6, 6.07) is 11.6. The highest BCUT2D eigenvalue weighted by Gasteiger charge is 2.14. The Morgan fingerprint density at radius 2 is 1.88 bits per heavy atom. The Kier molecular flexibility index (Phi) is 6.10. The number of aromatic nitrogens is 1. The van der Waals surface area contributed by atoms with Gasteiger partial charge in [-0.1, -0.05) is 31.4 Å². The fourth-order valence-electron chi connectivity index (χ4n) is 3.19. The molecule has 3 rings (SSSR count). The second kappa shape index (κ2) is 8.70. The van der Waals surface area contributed by atoms with Crippen molar-refractivity contribution < 1.29 is 9.53 Å². The molecule has 1 aliphatic carbocycles. The van der Waals surface area contributed by atoms with Gasteiger partial charge in [-0.2, -0.15) is 0 Å². The van der Waals surface area contributed by atoms with Gasteiger partial charge in [-0.25, -0.2) is 4.98 Å². The molecule has 5 nitrogen and oxygen atoms in total. The molecule has 1 amide bonds. The van der Waals surface area contributed by atoms with Crippen LogP contribution >= 0.6 is 0 Å². The topological polar surface area (TPSA) is 63.2 Å². The van der Waals surface area contributed by atoms with E-state index in [1.165, 1.54) is 32.1 Å². The van der Waals surface area contributed by atoms with Crippen LogP contribution in [0.25, 0.3) is 0 Å². The van der Waals surface area contributed by atoms with E-state index >= 15 is 0 Å². The molecule has 0 spiro atoms. The van der Waals surface area contributed by atoms with Crippen LogP contribution in [0, 0.1) is 0 Å². The Labute approximate surface area is 155 Å². The van der Waals surface area contributed by atoms with Crippen molar-refractivity contribution in [2.45, 2.75) is 58.1 Å². The highest BCUT2D eigenvalue weighted by molar-refractivity contribution is 6.04. The first-order chi connectivity index (χ1) is 12.6. The van der Waals surface area contributed by atoms with Crippen molar-refractivity contribution in [3.8, 4) is 5.75 Å². The maximum Gasteiger partial charge on any atom is 0.257 e. The number of para-hydroxylation sites is 2. The minimum atomic E-state index is -0.193. The minimum absolute atomic E-state index is 0.0415. The molecule has 2 aromatic rings. The Morgan fingerprint density at radius 3 is 2.58 bits per heavy atom. The Morgan fingerprint density at radius 1 is 1.12 bits per heavy atom. The quantitative estimate of drug-likeness (QED) is 0.778. The van der Waals surface area contributed by atoms with Gasteiger partial charge >= 0.3 is 0 Å². The Bertz CT molecular complexity index is 722. The molecule has 1 aliphatic rings. The molecule has 2 N–H and O–H groups in total. The Hall–Kier alpha value is -2.56. The van der Waals surface area contributed by atoms with E-state index in [9.17, 15) is 4.79 Å². The van der Waals surface area contributed by atoms with Crippen LogP contribution in [0.1, 0.15) is 56.3 Å². The summed E-state index contributed by atoms with van der Waals surface area (Å²) in [7, 11) is 0. The van der Waals surface area contributed by atoms with E-state index in [0.717, 1.165) is 5.82 Å². The summed E-state index contributed by atoms with van der Waals surface area (Å²) < 4.78 is 5.75. The van der Waals surface area contributed by atoms with Crippen LogP contribution in [-0.4, -0.2) is 23.0 Å². The summed E-state index contributed by atoms with van der Waals surface area (Å²) in [6.07, 6.45) is 7.91. The van der Waals surface area contributed by atoms with Gasteiger partial charge in [0.15, 0.2) is 0 Å². The lowest BCUT2D eigenvalue weighted by Gasteiger charge is -2.23. The maximum atomic E-state index is 12.5. The SMILES string of the molecule is CC(C)Oc1ccccc1NC(=O)c1ccc(NC2CCCCC2)nc1. The number of carbonyl (C=O) groups excluding carboxylic acids is 1. The van der Waals surface area contributed by atoms with E-state index in [1.807, 2.05) is 44.2 Å². The molecule has 0 aliphatic heterocycles. The molecule has 138 valence electrons. The molecule has 1 fully saturated rings. The normalized spacial score (nSPS) is 14.9. The third kappa shape index (κ3) is 4.97. The van der Waals surface area contributed by atoms with Crippen molar-refractivity contribution in [2.75, 3.05) is 10.6 Å². The van der Waals surface area contributed by atoms with Gasteiger partial charge in [-0.3, -0.25) is 4.79 Å². The van der Waals surface area contributed by atoms with Gasteiger partial charge in [-0.05, 0) is 51.0 Å². The monoisotopic (exact) mass is 353 g/mol. The summed E-state index contributed by atoms with van der Waals surface area (Å²) in [5, 5.41) is 6.37. The maximum absolute atomic E-state index is 12.5. The van der Waals surface area contributed by atoms with E-state index in [4.69, 9.17) is 4.74 Å². The number of amides is 1. The minimum Gasteiger partial charge on any atom is -0.489 e. The van der Waals surface area contributed by atoms with Crippen molar-refractivity contribution in [1.82, 2.24) is 4.98 Å². The smallest absolute Gasteiger partial charge is 0.257 e. The largest absolute Gasteiger partial charge is 0.489 e. The average Bonchev–Trinajstić information content (AvgIpc) is 2.64. The number of nitrogens with one attached hydrogen (secondary N) is 2. The lowest BCUT2D eigenvalue weighted by atomic mass is 9.95. The van der Waals surface area contributed by atoms with E-state index in [-0.39, 0.29) is 12.0 Å². The van der Waals surface area contributed by atoms with Crippen LogP contribution in [0.4, 0.5) is 11.5 Å². The number of hydrogen-bond donors (Lipinski definition) is 2. The standard InChI is InChI=1S/C21H27N3O2/c1-15(2)26-19-11-7-6-10-18(19)24-21(25)16-12-13-20(22-14-16)23-17-8-4-3-5-9-17/h6-7,10-15,17H,3-5,8-9H2,1-2H3,(H,22,23)(H,24,25). The summed E-state index contributed by atoms with van der Waals surface area (Å²) in [5.74, 6) is 1.30. The average molecular weight is 353 g/mol. The zero-order valence-corrected chi connectivity index (χ0v) is 15.5. The summed E-state index contributed by atoms with van der Waals surface area (Å²) in [5.41, 5.74) is 1.19. The summed E-state index contributed by atoms with van der Waals surface area (Å²) in [6.45, 7) is 3.92. The predicted octanol–water partition coefficient (Wildman–Crippen LogP) is 4.87. The van der Waals surface area contributed by atoms with E-state index in [2.05, 4.69) is 15.6 Å². The second-order valence-corrected chi connectivity index (χ2v) is 7.03. The van der Waals surface area contributed by atoms with Crippen molar-refractivity contribution in [2.24, 2.45) is 0 Å². The Balaban J connectivity index is 1.63. The van der Waals surface area contributed by atoms with E-state index in [1.54, 1.807) is 12.3 Å². The van der Waals surface area contributed by atoms with Crippen LogP contribution < -0.4 is 15.4 Å². The number of rotatable bonds is 6. The predicted molar refractivity (Wildman–Crippen MR) is 105 cm³/mol. The highest BCUT2D eigenvalue weighted by atomic mass is 16.5. The number of hydrogen-bond acceptors (Lipinski definition) is 4. The molecule has 1 aromatic heterocycles. The molecule has 0 atom stereocenters. The first kappa shape index (κ1) is 18.2. The van der Waals surface area contributed by atoms with Gasteiger partial charge in [0.05, 0.1) is 17.4 Å². The molecule has 1 saturated carbocycles. The van der Waals surface area contributed by atoms with Crippen LogP contribution in [0.5, 0.6) is 5.75 Å². The zero-order chi connectivity index (χ0) is 18.4. The number of anilines is 2. The lowest BCUT2D eigenvalue weighted by molar-refractivity contribution is 0.102. The number of ether oxygens (including phenoxy) is 1. The molecule has 1 heterocycles. The summed E-state index contributed by atoms with van der Waals surface area (Å²) in [4.78, 5) is 16.9. The third-order valence-electron chi connectivity index (χ3n) is 4.48. The molecule has 1 aromatic carbocycles. The van der Waals surface area contributed by atoms with Gasteiger partial charge in [0.1, 0.15) is 11.6 Å². The third-order valence-corrected chi connectivity index (χ3v) is 4.48. The fourth-order valence-corrected chi connectivity index (χ4v) is 3.19. The van der Waals surface area contributed by atoms with E-state index in [0.29, 0.717) is 23.0 Å². The molecule has 0 radical (unpaired) electrons. The van der Waals surface area contributed by atoms with Gasteiger partial charge in [0.25, 0.3) is 5.91 Å². The van der Waals surface area contributed by atoms with Crippen LogP contribution in [0.15, 0.2) is 42.6 Å². The number of carbonyl (C=O) groups is 1. The van der Waals surface area contributed by atoms with Gasteiger partial charge in [0.2, 0.25) is 0 Å². The molecule has 0 saturated heterocycles. The van der Waals surface area contributed by atoms with E-state index < -0.39 is 0 Å².